The summed E-state index contributed by atoms with van der Waals surface area (Å²) < 4.78 is 120. The van der Waals surface area contributed by atoms with Crippen LogP contribution in [0.1, 0.15) is 11.1 Å². The highest BCUT2D eigenvalue weighted by Gasteiger charge is 2.36. The number of aliphatic hydroxyl groups is 2. The molecule has 4 aromatic carbocycles. The van der Waals surface area contributed by atoms with Crippen molar-refractivity contribution < 1.29 is 65.0 Å². The molecule has 4 aromatic rings. The third-order valence-electron chi connectivity index (χ3n) is 7.28. The topological polar surface area (TPSA) is 95.8 Å². The van der Waals surface area contributed by atoms with Crippen LogP contribution in [0, 0.1) is 34.9 Å². The van der Waals surface area contributed by atoms with Crippen molar-refractivity contribution in [1.29, 1.82) is 0 Å². The molecule has 0 unspecified atom stereocenters. The minimum atomic E-state index is -1.75. The van der Waals surface area contributed by atoms with Crippen LogP contribution in [0.25, 0.3) is 33.4 Å². The zero-order valence-electron chi connectivity index (χ0n) is 25.3. The predicted octanol–water partition coefficient (Wildman–Crippen LogP) is 6.56. The number of aliphatic hydroxyl groups excluding tert-OH is 2. The number of rotatable bonds is 11. The molecule has 0 fully saturated rings. The van der Waals surface area contributed by atoms with Gasteiger partial charge < -0.3 is 38.6 Å². The molecule has 0 heterocycles. The van der Waals surface area contributed by atoms with Crippen LogP contribution in [0.5, 0.6) is 34.5 Å². The van der Waals surface area contributed by atoms with Crippen molar-refractivity contribution in [2.45, 2.75) is 13.2 Å². The second-order valence-electron chi connectivity index (χ2n) is 9.48. The average molecular weight is 655 g/mol. The molecule has 0 saturated carbocycles. The Balaban J connectivity index is 2.38. The largest absolute Gasteiger partial charge is 0.492 e. The molecule has 8 nitrogen and oxygen atoms in total. The van der Waals surface area contributed by atoms with Gasteiger partial charge in [0.25, 0.3) is 0 Å². The minimum Gasteiger partial charge on any atom is -0.492 e. The SMILES string of the molecule is COc1c(OC)c(-c2cc(F)c(F)c(F)c2)c(CO)c(-c2c(CO)c(-c3cc(F)c(F)c(F)c3)c(OC)c(OC)c2OC)c1OC. The van der Waals surface area contributed by atoms with Crippen LogP contribution in [0.4, 0.5) is 26.3 Å². The highest BCUT2D eigenvalue weighted by molar-refractivity contribution is 5.98. The van der Waals surface area contributed by atoms with E-state index in [-0.39, 0.29) is 79.0 Å². The van der Waals surface area contributed by atoms with Crippen LogP contribution in [0.2, 0.25) is 0 Å². The molecular weight excluding hydrogens is 626 g/mol. The van der Waals surface area contributed by atoms with Gasteiger partial charge in [-0.15, -0.1) is 0 Å². The molecule has 0 spiro atoms. The van der Waals surface area contributed by atoms with Crippen molar-refractivity contribution in [2.75, 3.05) is 42.7 Å². The van der Waals surface area contributed by atoms with Crippen LogP contribution in [-0.4, -0.2) is 52.9 Å². The van der Waals surface area contributed by atoms with Crippen molar-refractivity contribution in [3.63, 3.8) is 0 Å². The van der Waals surface area contributed by atoms with E-state index in [1.165, 1.54) is 42.7 Å². The molecule has 0 aliphatic carbocycles. The zero-order valence-corrected chi connectivity index (χ0v) is 25.3. The summed E-state index contributed by atoms with van der Waals surface area (Å²) in [6.07, 6.45) is 0. The first kappa shape index (κ1) is 34.1. The Morgan fingerprint density at radius 2 is 0.652 bits per heavy atom. The summed E-state index contributed by atoms with van der Waals surface area (Å²) in [7, 11) is 7.26. The maximum absolute atomic E-state index is 14.6. The fourth-order valence-electron chi connectivity index (χ4n) is 5.46. The van der Waals surface area contributed by atoms with Gasteiger partial charge in [-0.2, -0.15) is 0 Å². The number of methoxy groups -OCH3 is 6. The Hall–Kier alpha value is -4.82. The summed E-state index contributed by atoms with van der Waals surface area (Å²) >= 11 is 0. The second-order valence-corrected chi connectivity index (χ2v) is 9.48. The Morgan fingerprint density at radius 3 is 0.870 bits per heavy atom. The molecular formula is C32H28F6O8. The first-order valence-corrected chi connectivity index (χ1v) is 13.2. The quantitative estimate of drug-likeness (QED) is 0.139. The van der Waals surface area contributed by atoms with E-state index in [9.17, 15) is 36.6 Å². The number of hydrogen-bond acceptors (Lipinski definition) is 8. The van der Waals surface area contributed by atoms with Crippen molar-refractivity contribution in [3.05, 3.63) is 70.3 Å². The van der Waals surface area contributed by atoms with Crippen molar-refractivity contribution >= 4 is 0 Å². The molecule has 0 aliphatic heterocycles. The third kappa shape index (κ3) is 5.36. The Labute approximate surface area is 259 Å². The molecule has 0 amide bonds. The van der Waals surface area contributed by atoms with Crippen LogP contribution in [0.15, 0.2) is 24.3 Å². The van der Waals surface area contributed by atoms with Crippen molar-refractivity contribution in [1.82, 2.24) is 0 Å². The fourth-order valence-corrected chi connectivity index (χ4v) is 5.46. The van der Waals surface area contributed by atoms with Gasteiger partial charge in [0.15, 0.2) is 57.9 Å². The maximum Gasteiger partial charge on any atom is 0.204 e. The van der Waals surface area contributed by atoms with E-state index in [1.54, 1.807) is 0 Å². The fraction of sp³-hybridized carbons (Fsp3) is 0.250. The molecule has 4 rings (SSSR count). The molecule has 0 atom stereocenters. The Morgan fingerprint density at radius 1 is 0.413 bits per heavy atom. The number of halogens is 6. The number of benzene rings is 4. The van der Waals surface area contributed by atoms with E-state index in [2.05, 4.69) is 0 Å². The molecule has 2 N–H and O–H groups in total. The minimum absolute atomic E-state index is 0.131. The van der Waals surface area contributed by atoms with E-state index in [4.69, 9.17) is 28.4 Å². The predicted molar refractivity (Wildman–Crippen MR) is 154 cm³/mol. The Bertz CT molecular complexity index is 1630. The van der Waals surface area contributed by atoms with Gasteiger partial charge >= 0.3 is 0 Å². The lowest BCUT2D eigenvalue weighted by Gasteiger charge is -2.28. The van der Waals surface area contributed by atoms with Crippen molar-refractivity contribution in [3.8, 4) is 67.9 Å². The van der Waals surface area contributed by atoms with E-state index in [1.807, 2.05) is 0 Å². The summed E-state index contributed by atoms with van der Waals surface area (Å²) in [6, 6.07) is 2.66. The van der Waals surface area contributed by atoms with Crippen LogP contribution in [-0.2, 0) is 13.2 Å². The van der Waals surface area contributed by atoms with Gasteiger partial charge in [-0.1, -0.05) is 0 Å². The summed E-state index contributed by atoms with van der Waals surface area (Å²) in [4.78, 5) is 0. The molecule has 0 bridgehead atoms. The average Bonchev–Trinajstić information content (AvgIpc) is 3.05. The molecule has 0 radical (unpaired) electrons. The number of hydrogen-bond donors (Lipinski definition) is 2. The highest BCUT2D eigenvalue weighted by atomic mass is 19.2. The van der Waals surface area contributed by atoms with Gasteiger partial charge in [0.05, 0.1) is 55.9 Å². The lowest BCUT2D eigenvalue weighted by atomic mass is 9.84. The van der Waals surface area contributed by atoms with Gasteiger partial charge in [0.1, 0.15) is 0 Å². The smallest absolute Gasteiger partial charge is 0.204 e. The lowest BCUT2D eigenvalue weighted by Crippen LogP contribution is -2.10. The maximum atomic E-state index is 14.6. The molecule has 14 heteroatoms. The highest BCUT2D eigenvalue weighted by Crippen LogP contribution is 2.60. The van der Waals surface area contributed by atoms with Gasteiger partial charge in [-0.25, -0.2) is 26.3 Å². The molecule has 246 valence electrons. The van der Waals surface area contributed by atoms with E-state index >= 15 is 0 Å². The second kappa shape index (κ2) is 13.7. The van der Waals surface area contributed by atoms with Gasteiger partial charge in [-0.05, 0) is 35.4 Å². The third-order valence-corrected chi connectivity index (χ3v) is 7.28. The first-order chi connectivity index (χ1) is 22.0. The molecule has 0 aromatic heterocycles. The van der Waals surface area contributed by atoms with E-state index in [0.717, 1.165) is 0 Å². The molecule has 0 aliphatic rings. The lowest BCUT2D eigenvalue weighted by molar-refractivity contribution is 0.276. The molecule has 0 saturated heterocycles. The van der Waals surface area contributed by atoms with E-state index in [0.29, 0.717) is 24.3 Å². The zero-order chi connectivity index (χ0) is 34.0. The van der Waals surface area contributed by atoms with Crippen LogP contribution < -0.4 is 28.4 Å². The van der Waals surface area contributed by atoms with Crippen LogP contribution >= 0.6 is 0 Å². The summed E-state index contributed by atoms with van der Waals surface area (Å²) in [5.41, 5.74) is -1.55. The summed E-state index contributed by atoms with van der Waals surface area (Å²) in [5, 5.41) is 21.7. The molecule has 46 heavy (non-hydrogen) atoms. The summed E-state index contributed by atoms with van der Waals surface area (Å²) in [6.45, 7) is -1.81. The van der Waals surface area contributed by atoms with Gasteiger partial charge in [0.2, 0.25) is 11.5 Å². The monoisotopic (exact) mass is 654 g/mol. The van der Waals surface area contributed by atoms with Crippen molar-refractivity contribution in [2.24, 2.45) is 0 Å². The number of ether oxygens (including phenoxy) is 6. The Kier molecular flexibility index (Phi) is 10.1. The first-order valence-electron chi connectivity index (χ1n) is 13.2. The normalized spacial score (nSPS) is 11.0. The van der Waals surface area contributed by atoms with Gasteiger partial charge in [0, 0.05) is 33.4 Å². The standard InChI is InChI=1S/C32H28F6O8/c1-41-27-21(13-7-17(33)25(37)18(34)8-13)15(11-39)23(29(43-3)31(27)45-5)24-16(12-40)22(14-9-19(35)26(38)20(36)10-14)28(42-2)32(46-6)30(24)44-4/h7-10,39-40H,11-12H2,1-6H3. The van der Waals surface area contributed by atoms with Gasteiger partial charge in [-0.3, -0.25) is 0 Å². The van der Waals surface area contributed by atoms with Crippen LogP contribution in [0.3, 0.4) is 0 Å². The van der Waals surface area contributed by atoms with E-state index < -0.39 is 48.1 Å². The summed E-state index contributed by atoms with van der Waals surface area (Å²) in [5.74, 6) is -10.8.